The van der Waals surface area contributed by atoms with Crippen LogP contribution in [0.1, 0.15) is 135 Å². The Bertz CT molecular complexity index is 412. The zero-order valence-corrected chi connectivity index (χ0v) is 20.1. The van der Waals surface area contributed by atoms with E-state index in [1.54, 1.807) is 0 Å². The van der Waals surface area contributed by atoms with Crippen LogP contribution < -0.4 is 0 Å². The smallest absolute Gasteiger partial charge is 0.267 e. The molecule has 3 nitrogen and oxygen atoms in total. The predicted octanol–water partition coefficient (Wildman–Crippen LogP) is 8.12. The summed E-state index contributed by atoms with van der Waals surface area (Å²) in [6, 6.07) is 0. The lowest BCUT2D eigenvalue weighted by molar-refractivity contribution is 0.305. The molecule has 0 aliphatic carbocycles. The van der Waals surface area contributed by atoms with Crippen molar-refractivity contribution in [1.82, 2.24) is 0 Å². The second-order valence-corrected chi connectivity index (χ2v) is 10.2. The van der Waals surface area contributed by atoms with Crippen LogP contribution in [0.5, 0.6) is 0 Å². The van der Waals surface area contributed by atoms with Gasteiger partial charge in [0, 0.05) is 0 Å². The van der Waals surface area contributed by atoms with E-state index in [1.165, 1.54) is 64.2 Å². The Balaban J connectivity index is 3.31. The number of alkyl halides is 1. The summed E-state index contributed by atoms with van der Waals surface area (Å²) in [5, 5.41) is 0. The zero-order valence-electron chi connectivity index (χ0n) is 19.3. The Morgan fingerprint density at radius 2 is 0.931 bits per heavy atom. The first-order valence-corrected chi connectivity index (χ1v) is 14.1. The normalized spacial score (nSPS) is 11.9. The lowest BCUT2D eigenvalue weighted by atomic mass is 10.1. The average molecular weight is 437 g/mol. The van der Waals surface area contributed by atoms with Gasteiger partial charge in [0.25, 0.3) is 10.1 Å². The van der Waals surface area contributed by atoms with Crippen molar-refractivity contribution >= 4 is 10.1 Å². The second-order valence-electron chi connectivity index (χ2n) is 8.49. The van der Waals surface area contributed by atoms with Gasteiger partial charge in [-0.05, 0) is 19.3 Å². The minimum atomic E-state index is -3.34. The molecule has 0 radical (unpaired) electrons. The molecule has 0 unspecified atom stereocenters. The van der Waals surface area contributed by atoms with Crippen LogP contribution in [0.15, 0.2) is 0 Å². The van der Waals surface area contributed by atoms with Gasteiger partial charge in [-0.1, -0.05) is 116 Å². The van der Waals surface area contributed by atoms with Gasteiger partial charge in [-0.2, -0.15) is 8.42 Å². The first-order valence-electron chi connectivity index (χ1n) is 12.6. The van der Waals surface area contributed by atoms with E-state index < -0.39 is 10.1 Å². The van der Waals surface area contributed by atoms with Gasteiger partial charge in [0.1, 0.15) is 0 Å². The summed E-state index contributed by atoms with van der Waals surface area (Å²) in [7, 11) is -3.34. The maximum atomic E-state index is 12.0. The molecule has 0 aliphatic heterocycles. The number of hydrogen-bond donors (Lipinski definition) is 0. The molecule has 0 fully saturated rings. The zero-order chi connectivity index (χ0) is 21.5. The highest BCUT2D eigenvalue weighted by Crippen LogP contribution is 2.13. The molecule has 0 aromatic rings. The highest BCUT2D eigenvalue weighted by Gasteiger charge is 2.10. The van der Waals surface area contributed by atoms with Crippen LogP contribution in [0.2, 0.25) is 0 Å². The lowest BCUT2D eigenvalue weighted by Crippen LogP contribution is -2.11. The summed E-state index contributed by atoms with van der Waals surface area (Å²) in [5.74, 6) is 0.146. The molecule has 0 saturated heterocycles. The van der Waals surface area contributed by atoms with E-state index in [0.717, 1.165) is 51.4 Å². The molecule has 0 heterocycles. The van der Waals surface area contributed by atoms with E-state index in [0.29, 0.717) is 19.4 Å². The fourth-order valence-corrected chi connectivity index (χ4v) is 4.67. The molecule has 0 spiro atoms. The molecule has 5 heteroatoms. The van der Waals surface area contributed by atoms with Crippen molar-refractivity contribution in [2.45, 2.75) is 135 Å². The Morgan fingerprint density at radius 3 is 1.38 bits per heavy atom. The van der Waals surface area contributed by atoms with Crippen molar-refractivity contribution in [3.05, 3.63) is 0 Å². The number of hydrogen-bond acceptors (Lipinski definition) is 3. The fourth-order valence-electron chi connectivity index (χ4n) is 3.62. The fraction of sp³-hybridized carbons (Fsp3) is 1.00. The van der Waals surface area contributed by atoms with Crippen LogP contribution >= 0.6 is 0 Å². The summed E-state index contributed by atoms with van der Waals surface area (Å²) in [6.45, 7) is 2.38. The van der Waals surface area contributed by atoms with Gasteiger partial charge in [-0.15, -0.1) is 0 Å². The third-order valence-electron chi connectivity index (χ3n) is 5.54. The molecular weight excluding hydrogens is 387 g/mol. The topological polar surface area (TPSA) is 43.4 Å². The summed E-state index contributed by atoms with van der Waals surface area (Å²) < 4.78 is 40.9. The molecule has 0 rings (SSSR count). The quantitative estimate of drug-likeness (QED) is 0.113. The Labute approximate surface area is 181 Å². The molecule has 0 amide bonds. The van der Waals surface area contributed by atoms with Crippen LogP contribution in [-0.4, -0.2) is 27.5 Å². The third-order valence-corrected chi connectivity index (χ3v) is 6.85. The van der Waals surface area contributed by atoms with Crippen molar-refractivity contribution in [1.29, 1.82) is 0 Å². The molecule has 0 N–H and O–H groups in total. The standard InChI is InChI=1S/C24H49FO3S/c1-2-3-4-5-6-7-8-9-11-14-17-20-23-28-29(26,27)24-21-18-15-12-10-13-16-19-22-25/h2-24H2,1H3. The van der Waals surface area contributed by atoms with E-state index in [2.05, 4.69) is 6.92 Å². The summed E-state index contributed by atoms with van der Waals surface area (Å²) in [5.41, 5.74) is 0. The van der Waals surface area contributed by atoms with Crippen LogP contribution in [0, 0.1) is 0 Å². The maximum Gasteiger partial charge on any atom is 0.267 e. The molecule has 0 bridgehead atoms. The first kappa shape index (κ1) is 28.8. The van der Waals surface area contributed by atoms with Gasteiger partial charge >= 0.3 is 0 Å². The van der Waals surface area contributed by atoms with Gasteiger partial charge in [0.2, 0.25) is 0 Å². The predicted molar refractivity (Wildman–Crippen MR) is 124 cm³/mol. The molecule has 0 aromatic carbocycles. The number of unbranched alkanes of at least 4 members (excludes halogenated alkanes) is 18. The molecule has 0 saturated carbocycles. The largest absolute Gasteiger partial charge is 0.270 e. The van der Waals surface area contributed by atoms with Crippen molar-refractivity contribution < 1.29 is 17.0 Å². The van der Waals surface area contributed by atoms with Gasteiger partial charge in [0.05, 0.1) is 19.0 Å². The maximum absolute atomic E-state index is 12.0. The number of rotatable bonds is 24. The van der Waals surface area contributed by atoms with Gasteiger partial charge < -0.3 is 0 Å². The summed E-state index contributed by atoms with van der Waals surface area (Å²) in [4.78, 5) is 0. The monoisotopic (exact) mass is 436 g/mol. The van der Waals surface area contributed by atoms with E-state index in [4.69, 9.17) is 4.18 Å². The number of halogens is 1. The van der Waals surface area contributed by atoms with Gasteiger partial charge in [0.15, 0.2) is 0 Å². The summed E-state index contributed by atoms with van der Waals surface area (Å²) >= 11 is 0. The molecule has 0 atom stereocenters. The van der Waals surface area contributed by atoms with E-state index >= 15 is 0 Å². The third kappa shape index (κ3) is 24.0. The van der Waals surface area contributed by atoms with Crippen molar-refractivity contribution in [2.24, 2.45) is 0 Å². The van der Waals surface area contributed by atoms with E-state index in [9.17, 15) is 12.8 Å². The Morgan fingerprint density at radius 1 is 0.552 bits per heavy atom. The highest BCUT2D eigenvalue weighted by atomic mass is 32.2. The second kappa shape index (κ2) is 22.5. The Hall–Kier alpha value is -0.160. The molecule has 29 heavy (non-hydrogen) atoms. The minimum Gasteiger partial charge on any atom is -0.270 e. The SMILES string of the molecule is CCCCCCCCCCCCCCOS(=O)(=O)CCCCCCCCCCF. The van der Waals surface area contributed by atoms with E-state index in [-0.39, 0.29) is 12.4 Å². The molecule has 176 valence electrons. The van der Waals surface area contributed by atoms with Gasteiger partial charge in [-0.3, -0.25) is 8.57 Å². The van der Waals surface area contributed by atoms with Crippen LogP contribution in [0.4, 0.5) is 4.39 Å². The van der Waals surface area contributed by atoms with Crippen molar-refractivity contribution in [3.63, 3.8) is 0 Å². The molecular formula is C24H49FO3S. The average Bonchev–Trinajstić information content (AvgIpc) is 2.70. The highest BCUT2D eigenvalue weighted by molar-refractivity contribution is 7.86. The van der Waals surface area contributed by atoms with Crippen LogP contribution in [0.3, 0.4) is 0 Å². The van der Waals surface area contributed by atoms with Crippen molar-refractivity contribution in [2.75, 3.05) is 19.0 Å². The minimum absolute atomic E-state index is 0.146. The first-order chi connectivity index (χ1) is 14.1. The lowest BCUT2D eigenvalue weighted by Gasteiger charge is -2.06. The van der Waals surface area contributed by atoms with E-state index in [1.807, 2.05) is 0 Å². The Kier molecular flexibility index (Phi) is 22.4. The van der Waals surface area contributed by atoms with Gasteiger partial charge in [-0.25, -0.2) is 0 Å². The molecule has 0 aromatic heterocycles. The van der Waals surface area contributed by atoms with Crippen LogP contribution in [-0.2, 0) is 14.3 Å². The van der Waals surface area contributed by atoms with Crippen molar-refractivity contribution in [3.8, 4) is 0 Å². The van der Waals surface area contributed by atoms with Crippen LogP contribution in [0.25, 0.3) is 0 Å². The molecule has 0 aliphatic rings. The summed E-state index contributed by atoms with van der Waals surface area (Å²) in [6.07, 6.45) is 22.9.